The van der Waals surface area contributed by atoms with Gasteiger partial charge < -0.3 is 9.80 Å². The summed E-state index contributed by atoms with van der Waals surface area (Å²) in [4.78, 5) is 30.3. The van der Waals surface area contributed by atoms with E-state index in [0.717, 1.165) is 32.0 Å². The molecule has 2 amide bonds. The molecule has 0 bridgehead atoms. The topological polar surface area (TPSA) is 43.9 Å². The number of nitrogens with zero attached hydrogens (tertiary/aromatic N) is 3. The highest BCUT2D eigenvalue weighted by molar-refractivity contribution is 5.96. The van der Waals surface area contributed by atoms with Crippen LogP contribution >= 0.6 is 0 Å². The van der Waals surface area contributed by atoms with Crippen LogP contribution in [0, 0.1) is 0 Å². The summed E-state index contributed by atoms with van der Waals surface area (Å²) in [5.41, 5.74) is -1.22. The highest BCUT2D eigenvalue weighted by Gasteiger charge is 2.36. The third-order valence-electron chi connectivity index (χ3n) is 5.16. The number of rotatable bonds is 3. The molecule has 0 spiro atoms. The molecule has 2 heterocycles. The molecule has 5 nitrogen and oxygen atoms in total. The fourth-order valence-electron chi connectivity index (χ4n) is 3.68. The summed E-state index contributed by atoms with van der Waals surface area (Å²) >= 11 is 0. The van der Waals surface area contributed by atoms with Gasteiger partial charge in [-0.1, -0.05) is 12.1 Å². The monoisotopic (exact) mass is 383 g/mol. The molecule has 2 aliphatic rings. The molecule has 0 N–H and O–H groups in total. The molecular weight excluding hydrogens is 359 g/mol. The first-order valence-electron chi connectivity index (χ1n) is 9.32. The van der Waals surface area contributed by atoms with Gasteiger partial charge in [-0.2, -0.15) is 13.2 Å². The lowest BCUT2D eigenvalue weighted by molar-refractivity contribution is -0.138. The molecule has 3 rings (SSSR count). The first-order valence-corrected chi connectivity index (χ1v) is 9.32. The quantitative estimate of drug-likeness (QED) is 0.806. The number of hydrogen-bond donors (Lipinski definition) is 0. The number of halogens is 3. The maximum atomic E-state index is 13.2. The predicted octanol–water partition coefficient (Wildman–Crippen LogP) is 2.48. The second-order valence-electron chi connectivity index (χ2n) is 7.05. The van der Waals surface area contributed by atoms with Gasteiger partial charge >= 0.3 is 6.18 Å². The fraction of sp³-hybridized carbons (Fsp3) is 0.579. The molecule has 2 saturated heterocycles. The van der Waals surface area contributed by atoms with Crippen LogP contribution in [0.15, 0.2) is 24.3 Å². The van der Waals surface area contributed by atoms with Crippen LogP contribution in [0.5, 0.6) is 0 Å². The van der Waals surface area contributed by atoms with Crippen molar-refractivity contribution in [3.8, 4) is 0 Å². The van der Waals surface area contributed by atoms with Gasteiger partial charge in [0.25, 0.3) is 5.91 Å². The first-order chi connectivity index (χ1) is 12.9. The Morgan fingerprint density at radius 2 is 1.52 bits per heavy atom. The molecular formula is C19H24F3N3O2. The number of alkyl halides is 3. The van der Waals surface area contributed by atoms with Crippen LogP contribution in [0.3, 0.4) is 0 Å². The largest absolute Gasteiger partial charge is 0.417 e. The van der Waals surface area contributed by atoms with Crippen LogP contribution in [0.1, 0.15) is 35.2 Å². The Hall–Kier alpha value is -2.09. The Morgan fingerprint density at radius 1 is 0.852 bits per heavy atom. The van der Waals surface area contributed by atoms with E-state index >= 15 is 0 Å². The third-order valence-corrected chi connectivity index (χ3v) is 5.16. The second-order valence-corrected chi connectivity index (χ2v) is 7.05. The summed E-state index contributed by atoms with van der Waals surface area (Å²) < 4.78 is 39.6. The normalized spacial score (nSPS) is 19.2. The van der Waals surface area contributed by atoms with Gasteiger partial charge in [-0.05, 0) is 31.4 Å². The van der Waals surface area contributed by atoms with Crippen LogP contribution in [-0.2, 0) is 11.0 Å². The van der Waals surface area contributed by atoms with Crippen molar-refractivity contribution < 1.29 is 22.8 Å². The predicted molar refractivity (Wildman–Crippen MR) is 94.2 cm³/mol. The van der Waals surface area contributed by atoms with Gasteiger partial charge in [-0.3, -0.25) is 14.5 Å². The van der Waals surface area contributed by atoms with E-state index in [-0.39, 0.29) is 11.5 Å². The summed E-state index contributed by atoms with van der Waals surface area (Å²) in [7, 11) is 0. The van der Waals surface area contributed by atoms with Crippen molar-refractivity contribution in [1.82, 2.24) is 14.7 Å². The fourth-order valence-corrected chi connectivity index (χ4v) is 3.68. The molecule has 1 aromatic carbocycles. The molecule has 0 saturated carbocycles. The van der Waals surface area contributed by atoms with E-state index in [9.17, 15) is 22.8 Å². The van der Waals surface area contributed by atoms with Crippen molar-refractivity contribution in [2.24, 2.45) is 0 Å². The average Bonchev–Trinajstić information content (AvgIpc) is 3.08. The SMILES string of the molecule is O=C(CN1CCCN(C(=O)c2ccccc2C(F)(F)F)CC1)N1CCCC1. The van der Waals surface area contributed by atoms with Crippen LogP contribution < -0.4 is 0 Å². The van der Waals surface area contributed by atoms with E-state index < -0.39 is 17.6 Å². The van der Waals surface area contributed by atoms with Crippen molar-refractivity contribution in [1.29, 1.82) is 0 Å². The van der Waals surface area contributed by atoms with E-state index in [4.69, 9.17) is 0 Å². The molecule has 0 atom stereocenters. The van der Waals surface area contributed by atoms with Gasteiger partial charge in [-0.15, -0.1) is 0 Å². The molecule has 0 aliphatic carbocycles. The van der Waals surface area contributed by atoms with E-state index in [2.05, 4.69) is 0 Å². The summed E-state index contributed by atoms with van der Waals surface area (Å²) in [5, 5.41) is 0. The lowest BCUT2D eigenvalue weighted by atomic mass is 10.1. The Labute approximate surface area is 156 Å². The minimum atomic E-state index is -4.56. The van der Waals surface area contributed by atoms with Gasteiger partial charge in [0.1, 0.15) is 0 Å². The van der Waals surface area contributed by atoms with Crippen molar-refractivity contribution in [2.75, 3.05) is 45.8 Å². The zero-order valence-electron chi connectivity index (χ0n) is 15.2. The molecule has 0 unspecified atom stereocenters. The number of benzene rings is 1. The Balaban J connectivity index is 1.63. The molecule has 1 aromatic rings. The van der Waals surface area contributed by atoms with Gasteiger partial charge in [-0.25, -0.2) is 0 Å². The Kier molecular flexibility index (Phi) is 6.04. The van der Waals surface area contributed by atoms with E-state index in [1.54, 1.807) is 0 Å². The zero-order valence-corrected chi connectivity index (χ0v) is 15.2. The Bertz CT molecular complexity index is 687. The first kappa shape index (κ1) is 19.7. The lowest BCUT2D eigenvalue weighted by Gasteiger charge is -2.24. The van der Waals surface area contributed by atoms with Gasteiger partial charge in [0, 0.05) is 39.3 Å². The minimum absolute atomic E-state index is 0.0923. The molecule has 148 valence electrons. The summed E-state index contributed by atoms with van der Waals surface area (Å²) in [5.74, 6) is -0.509. The highest BCUT2D eigenvalue weighted by atomic mass is 19.4. The van der Waals surface area contributed by atoms with Crippen LogP contribution in [0.2, 0.25) is 0 Å². The van der Waals surface area contributed by atoms with Crippen LogP contribution in [0.25, 0.3) is 0 Å². The van der Waals surface area contributed by atoms with Crippen molar-refractivity contribution in [3.05, 3.63) is 35.4 Å². The summed E-state index contributed by atoms with van der Waals surface area (Å²) in [6.45, 7) is 3.75. The van der Waals surface area contributed by atoms with E-state index in [1.807, 2.05) is 9.80 Å². The minimum Gasteiger partial charge on any atom is -0.342 e. The number of carbonyl (C=O) groups excluding carboxylic acids is 2. The van der Waals surface area contributed by atoms with Gasteiger partial charge in [0.15, 0.2) is 0 Å². The van der Waals surface area contributed by atoms with Crippen molar-refractivity contribution >= 4 is 11.8 Å². The van der Waals surface area contributed by atoms with Gasteiger partial charge in [0.2, 0.25) is 5.91 Å². The number of likely N-dealkylation sites (tertiary alicyclic amines) is 1. The van der Waals surface area contributed by atoms with Crippen LogP contribution in [0.4, 0.5) is 13.2 Å². The molecule has 2 aliphatic heterocycles. The maximum Gasteiger partial charge on any atom is 0.417 e. The number of hydrogen-bond acceptors (Lipinski definition) is 3. The van der Waals surface area contributed by atoms with Gasteiger partial charge in [0.05, 0.1) is 17.7 Å². The smallest absolute Gasteiger partial charge is 0.342 e. The Morgan fingerprint density at radius 3 is 2.22 bits per heavy atom. The lowest BCUT2D eigenvalue weighted by Crippen LogP contribution is -2.41. The highest BCUT2D eigenvalue weighted by Crippen LogP contribution is 2.32. The molecule has 2 fully saturated rings. The number of carbonyl (C=O) groups is 2. The molecule has 8 heteroatoms. The summed E-state index contributed by atoms with van der Waals surface area (Å²) in [6, 6.07) is 4.89. The molecule has 0 radical (unpaired) electrons. The third kappa shape index (κ3) is 4.80. The maximum absolute atomic E-state index is 13.2. The standard InChI is InChI=1S/C19H24F3N3O2/c20-19(21,22)16-7-2-1-6-15(16)18(27)25-11-5-8-23(12-13-25)14-17(26)24-9-3-4-10-24/h1-2,6-7H,3-5,8-14H2. The van der Waals surface area contributed by atoms with Crippen LogP contribution in [-0.4, -0.2) is 72.3 Å². The molecule has 27 heavy (non-hydrogen) atoms. The second kappa shape index (κ2) is 8.29. The zero-order chi connectivity index (χ0) is 19.4. The van der Waals surface area contributed by atoms with E-state index in [0.29, 0.717) is 39.1 Å². The number of amides is 2. The molecule has 0 aromatic heterocycles. The van der Waals surface area contributed by atoms with Crippen molar-refractivity contribution in [3.63, 3.8) is 0 Å². The average molecular weight is 383 g/mol. The van der Waals surface area contributed by atoms with E-state index in [1.165, 1.54) is 23.1 Å². The summed E-state index contributed by atoms with van der Waals surface area (Å²) in [6.07, 6.45) is -1.86. The van der Waals surface area contributed by atoms with Crippen molar-refractivity contribution in [2.45, 2.75) is 25.4 Å².